The van der Waals surface area contributed by atoms with Gasteiger partial charge in [-0.3, -0.25) is 9.36 Å². The minimum atomic E-state index is -0.586. The molecule has 2 aliphatic heterocycles. The van der Waals surface area contributed by atoms with Crippen molar-refractivity contribution in [1.82, 2.24) is 19.3 Å². The summed E-state index contributed by atoms with van der Waals surface area (Å²) in [5, 5.41) is 4.35. The van der Waals surface area contributed by atoms with Crippen LogP contribution in [-0.4, -0.2) is 19.3 Å². The van der Waals surface area contributed by atoms with E-state index in [4.69, 9.17) is 4.42 Å². The molecule has 20 heavy (non-hydrogen) atoms. The summed E-state index contributed by atoms with van der Waals surface area (Å²) in [7, 11) is 1.40. The molecule has 2 aliphatic rings. The Kier molecular flexibility index (Phi) is 2.74. The second-order valence-electron chi connectivity index (χ2n) is 4.32. The minimum absolute atomic E-state index is 0.288. The van der Waals surface area contributed by atoms with Gasteiger partial charge in [-0.1, -0.05) is 0 Å². The van der Waals surface area contributed by atoms with Gasteiger partial charge in [-0.05, 0) is 25.1 Å². The number of rotatable bonds is 2. The zero-order chi connectivity index (χ0) is 14.3. The van der Waals surface area contributed by atoms with Crippen LogP contribution in [0.2, 0.25) is 0 Å². The van der Waals surface area contributed by atoms with Crippen molar-refractivity contribution in [3.05, 3.63) is 45.3 Å². The molecule has 0 aromatic carbocycles. The van der Waals surface area contributed by atoms with Crippen molar-refractivity contribution in [1.29, 1.82) is 0 Å². The van der Waals surface area contributed by atoms with Crippen molar-refractivity contribution in [3.63, 3.8) is 0 Å². The SMILES string of the molecule is CCn1nc(-c2ccco2)cc2c(=O)n(C)c(=O)nc1-2. The summed E-state index contributed by atoms with van der Waals surface area (Å²) in [5.74, 6) is 0.846. The molecule has 1 aromatic rings. The van der Waals surface area contributed by atoms with Crippen LogP contribution in [0.1, 0.15) is 6.92 Å². The van der Waals surface area contributed by atoms with Gasteiger partial charge in [0.15, 0.2) is 11.6 Å². The van der Waals surface area contributed by atoms with E-state index in [0.29, 0.717) is 23.6 Å². The lowest BCUT2D eigenvalue weighted by Crippen LogP contribution is -2.36. The molecule has 3 heterocycles. The van der Waals surface area contributed by atoms with Crippen LogP contribution in [0.15, 0.2) is 38.5 Å². The normalized spacial score (nSPS) is 11.1. The Morgan fingerprint density at radius 3 is 2.80 bits per heavy atom. The average Bonchev–Trinajstić information content (AvgIpc) is 2.98. The van der Waals surface area contributed by atoms with Gasteiger partial charge in [-0.2, -0.15) is 10.1 Å². The van der Waals surface area contributed by atoms with E-state index in [1.54, 1.807) is 18.2 Å². The third-order valence-electron chi connectivity index (χ3n) is 3.09. The van der Waals surface area contributed by atoms with Crippen LogP contribution in [0.5, 0.6) is 0 Å². The van der Waals surface area contributed by atoms with Crippen molar-refractivity contribution in [2.45, 2.75) is 13.5 Å². The fourth-order valence-electron chi connectivity index (χ4n) is 2.02. The molecular formula is C13H12N4O3. The summed E-state index contributed by atoms with van der Waals surface area (Å²) < 4.78 is 7.80. The van der Waals surface area contributed by atoms with Crippen LogP contribution in [0.4, 0.5) is 0 Å². The molecule has 1 aromatic heterocycles. The molecule has 0 amide bonds. The van der Waals surface area contributed by atoms with Crippen molar-refractivity contribution < 1.29 is 4.42 Å². The smallest absolute Gasteiger partial charge is 0.352 e. The van der Waals surface area contributed by atoms with Gasteiger partial charge in [0.25, 0.3) is 5.56 Å². The Morgan fingerprint density at radius 2 is 2.15 bits per heavy atom. The summed E-state index contributed by atoms with van der Waals surface area (Å²) in [5.41, 5.74) is -0.105. The van der Waals surface area contributed by atoms with E-state index in [1.807, 2.05) is 6.92 Å². The summed E-state index contributed by atoms with van der Waals surface area (Å²) in [6.45, 7) is 2.35. The maximum atomic E-state index is 12.2. The highest BCUT2D eigenvalue weighted by Crippen LogP contribution is 2.22. The van der Waals surface area contributed by atoms with Gasteiger partial charge in [-0.15, -0.1) is 0 Å². The van der Waals surface area contributed by atoms with Crippen molar-refractivity contribution in [2.24, 2.45) is 7.05 Å². The number of furan rings is 1. The molecule has 0 bridgehead atoms. The first-order chi connectivity index (χ1) is 9.61. The van der Waals surface area contributed by atoms with Crippen molar-refractivity contribution in [2.75, 3.05) is 0 Å². The number of nitrogens with zero attached hydrogens (tertiary/aromatic N) is 4. The van der Waals surface area contributed by atoms with E-state index in [1.165, 1.54) is 18.0 Å². The van der Waals surface area contributed by atoms with Gasteiger partial charge in [-0.25, -0.2) is 9.48 Å². The van der Waals surface area contributed by atoms with Crippen LogP contribution in [-0.2, 0) is 13.6 Å². The van der Waals surface area contributed by atoms with Crippen LogP contribution < -0.4 is 11.2 Å². The number of aromatic nitrogens is 4. The molecule has 3 rings (SSSR count). The first-order valence-corrected chi connectivity index (χ1v) is 6.14. The summed E-state index contributed by atoms with van der Waals surface area (Å²) in [6, 6.07) is 5.09. The Labute approximate surface area is 113 Å². The lowest BCUT2D eigenvalue weighted by Gasteiger charge is -2.13. The minimum Gasteiger partial charge on any atom is -0.463 e. The monoisotopic (exact) mass is 272 g/mol. The van der Waals surface area contributed by atoms with Crippen LogP contribution in [0, 0.1) is 0 Å². The molecule has 0 radical (unpaired) electrons. The van der Waals surface area contributed by atoms with E-state index >= 15 is 0 Å². The maximum Gasteiger partial charge on any atom is 0.352 e. The topological polar surface area (TPSA) is 82.9 Å². The van der Waals surface area contributed by atoms with E-state index in [9.17, 15) is 9.59 Å². The highest BCUT2D eigenvalue weighted by molar-refractivity contribution is 5.63. The van der Waals surface area contributed by atoms with E-state index in [0.717, 1.165) is 4.57 Å². The molecule has 0 spiro atoms. The molecule has 0 unspecified atom stereocenters. The second-order valence-corrected chi connectivity index (χ2v) is 4.32. The number of fused-ring (bicyclic) bond motifs is 1. The largest absolute Gasteiger partial charge is 0.463 e. The zero-order valence-electron chi connectivity index (χ0n) is 11.0. The van der Waals surface area contributed by atoms with Gasteiger partial charge >= 0.3 is 5.69 Å². The third kappa shape index (κ3) is 1.75. The Balaban J connectivity index is 2.41. The summed E-state index contributed by atoms with van der Waals surface area (Å²) >= 11 is 0. The van der Waals surface area contributed by atoms with Gasteiger partial charge in [0.1, 0.15) is 5.69 Å². The highest BCUT2D eigenvalue weighted by atomic mass is 16.3. The van der Waals surface area contributed by atoms with Crippen LogP contribution in [0.25, 0.3) is 22.8 Å². The molecule has 0 fully saturated rings. The fraction of sp³-hybridized carbons (Fsp3) is 0.231. The van der Waals surface area contributed by atoms with Crippen LogP contribution >= 0.6 is 0 Å². The molecular weight excluding hydrogens is 260 g/mol. The molecule has 0 aliphatic carbocycles. The molecule has 0 atom stereocenters. The zero-order valence-corrected chi connectivity index (χ0v) is 11.0. The number of hydrogen-bond acceptors (Lipinski definition) is 5. The lowest BCUT2D eigenvalue weighted by molar-refractivity contribution is 0.567. The third-order valence-corrected chi connectivity index (χ3v) is 3.09. The molecule has 102 valence electrons. The number of hydrogen-bond donors (Lipinski definition) is 0. The van der Waals surface area contributed by atoms with E-state index in [2.05, 4.69) is 10.1 Å². The first-order valence-electron chi connectivity index (χ1n) is 6.14. The Hall–Kier alpha value is -2.70. The first kappa shape index (κ1) is 12.3. The second kappa shape index (κ2) is 4.44. The summed E-state index contributed by atoms with van der Waals surface area (Å²) in [4.78, 5) is 27.7. The van der Waals surface area contributed by atoms with E-state index in [-0.39, 0.29) is 5.82 Å². The molecule has 0 saturated carbocycles. The van der Waals surface area contributed by atoms with Crippen molar-refractivity contribution in [3.8, 4) is 22.8 Å². The van der Waals surface area contributed by atoms with Gasteiger partial charge < -0.3 is 4.42 Å². The predicted molar refractivity (Wildman–Crippen MR) is 71.5 cm³/mol. The Morgan fingerprint density at radius 1 is 1.35 bits per heavy atom. The predicted octanol–water partition coefficient (Wildman–Crippen LogP) is 0.722. The molecule has 7 heteroatoms. The quantitative estimate of drug-likeness (QED) is 0.686. The number of aryl methyl sites for hydroxylation is 1. The highest BCUT2D eigenvalue weighted by Gasteiger charge is 2.19. The van der Waals surface area contributed by atoms with Gasteiger partial charge in [0.05, 0.1) is 11.8 Å². The Bertz CT molecular complexity index is 845. The lowest BCUT2D eigenvalue weighted by atomic mass is 10.2. The average molecular weight is 272 g/mol. The molecule has 0 N–H and O–H groups in total. The fourth-order valence-corrected chi connectivity index (χ4v) is 2.02. The molecule has 7 nitrogen and oxygen atoms in total. The standard InChI is InChI=1S/C13H12N4O3/c1-3-17-11-8(12(18)16(2)13(19)14-11)7-9(15-17)10-5-4-6-20-10/h4-7H,3H2,1-2H3. The van der Waals surface area contributed by atoms with Gasteiger partial charge in [0.2, 0.25) is 0 Å². The summed E-state index contributed by atoms with van der Waals surface area (Å²) in [6.07, 6.45) is 1.54. The maximum absolute atomic E-state index is 12.2. The van der Waals surface area contributed by atoms with Gasteiger partial charge in [0, 0.05) is 13.6 Å². The van der Waals surface area contributed by atoms with Crippen LogP contribution in [0.3, 0.4) is 0 Å². The van der Waals surface area contributed by atoms with E-state index < -0.39 is 11.2 Å². The van der Waals surface area contributed by atoms with Crippen molar-refractivity contribution >= 4 is 0 Å². The molecule has 0 saturated heterocycles.